The summed E-state index contributed by atoms with van der Waals surface area (Å²) in [6.07, 6.45) is 2.11. The first-order valence-corrected chi connectivity index (χ1v) is 4.61. The fraction of sp³-hybridized carbons (Fsp3) is 0.364. The molecule has 0 bridgehead atoms. The fourth-order valence-electron chi connectivity index (χ4n) is 0.991. The van der Waals surface area contributed by atoms with E-state index in [0.717, 1.165) is 18.4 Å². The third kappa shape index (κ3) is 3.28. The van der Waals surface area contributed by atoms with Crippen LogP contribution in [0.25, 0.3) is 0 Å². The third-order valence-electron chi connectivity index (χ3n) is 1.78. The molecule has 1 aromatic carbocycles. The molecule has 0 aliphatic heterocycles. The standard InChI is InChI=1S/C11H15NO/c1-2-3-9-13-11(12)10-7-5-4-6-8-10/h4-8,12H,2-3,9H2,1H3. The zero-order valence-electron chi connectivity index (χ0n) is 7.92. The van der Waals surface area contributed by atoms with Gasteiger partial charge in [-0.25, -0.2) is 0 Å². The first-order valence-electron chi connectivity index (χ1n) is 4.61. The minimum atomic E-state index is 0.272. The second-order valence-corrected chi connectivity index (χ2v) is 2.90. The van der Waals surface area contributed by atoms with Gasteiger partial charge in [0.05, 0.1) is 6.61 Å². The molecule has 0 aromatic heterocycles. The molecule has 70 valence electrons. The van der Waals surface area contributed by atoms with E-state index in [9.17, 15) is 0 Å². The van der Waals surface area contributed by atoms with Crippen molar-refractivity contribution >= 4 is 5.90 Å². The summed E-state index contributed by atoms with van der Waals surface area (Å²) in [6.45, 7) is 2.75. The van der Waals surface area contributed by atoms with E-state index in [-0.39, 0.29) is 5.90 Å². The van der Waals surface area contributed by atoms with Gasteiger partial charge in [-0.15, -0.1) is 0 Å². The van der Waals surface area contributed by atoms with Crippen molar-refractivity contribution in [2.24, 2.45) is 0 Å². The van der Waals surface area contributed by atoms with E-state index in [1.165, 1.54) is 0 Å². The Labute approximate surface area is 79.1 Å². The summed E-state index contributed by atoms with van der Waals surface area (Å²) >= 11 is 0. The summed E-state index contributed by atoms with van der Waals surface area (Å²) in [5.74, 6) is 0.272. The lowest BCUT2D eigenvalue weighted by Crippen LogP contribution is -2.05. The molecule has 0 radical (unpaired) electrons. The molecular formula is C11H15NO. The summed E-state index contributed by atoms with van der Waals surface area (Å²) < 4.78 is 5.25. The van der Waals surface area contributed by atoms with Gasteiger partial charge in [0.25, 0.3) is 0 Å². The second kappa shape index (κ2) is 5.36. The first-order chi connectivity index (χ1) is 6.34. The lowest BCUT2D eigenvalue weighted by atomic mass is 10.2. The Morgan fingerprint density at radius 1 is 1.31 bits per heavy atom. The average Bonchev–Trinajstić information content (AvgIpc) is 2.19. The molecule has 0 atom stereocenters. The molecule has 0 aliphatic carbocycles. The minimum absolute atomic E-state index is 0.272. The van der Waals surface area contributed by atoms with Gasteiger partial charge in [0.2, 0.25) is 5.90 Å². The average molecular weight is 177 g/mol. The normalized spacial score (nSPS) is 9.62. The molecule has 1 rings (SSSR count). The molecule has 0 heterocycles. The minimum Gasteiger partial charge on any atom is -0.478 e. The maximum atomic E-state index is 7.59. The zero-order chi connectivity index (χ0) is 9.52. The second-order valence-electron chi connectivity index (χ2n) is 2.90. The molecule has 0 unspecified atom stereocenters. The molecule has 0 saturated heterocycles. The number of unbranched alkanes of at least 4 members (excludes halogenated alkanes) is 1. The van der Waals surface area contributed by atoms with Gasteiger partial charge in [-0.05, 0) is 18.6 Å². The van der Waals surface area contributed by atoms with Crippen LogP contribution in [0.3, 0.4) is 0 Å². The predicted octanol–water partition coefficient (Wildman–Crippen LogP) is 2.83. The van der Waals surface area contributed by atoms with Crippen LogP contribution >= 0.6 is 0 Å². The van der Waals surface area contributed by atoms with Crippen molar-refractivity contribution in [3.63, 3.8) is 0 Å². The Bertz CT molecular complexity index is 256. The molecule has 2 heteroatoms. The highest BCUT2D eigenvalue weighted by Crippen LogP contribution is 2.01. The quantitative estimate of drug-likeness (QED) is 0.428. The highest BCUT2D eigenvalue weighted by atomic mass is 16.5. The molecule has 0 amide bonds. The smallest absolute Gasteiger partial charge is 0.213 e. The molecular weight excluding hydrogens is 162 g/mol. The molecule has 0 saturated carbocycles. The Morgan fingerprint density at radius 3 is 2.62 bits per heavy atom. The molecule has 1 aromatic rings. The van der Waals surface area contributed by atoms with Crippen LogP contribution in [0.2, 0.25) is 0 Å². The zero-order valence-corrected chi connectivity index (χ0v) is 7.92. The van der Waals surface area contributed by atoms with Crippen LogP contribution in [0.15, 0.2) is 30.3 Å². The summed E-state index contributed by atoms with van der Waals surface area (Å²) in [5.41, 5.74) is 0.846. The van der Waals surface area contributed by atoms with Crippen LogP contribution in [0.1, 0.15) is 25.3 Å². The number of hydrogen-bond donors (Lipinski definition) is 1. The van der Waals surface area contributed by atoms with E-state index in [2.05, 4.69) is 6.92 Å². The summed E-state index contributed by atoms with van der Waals surface area (Å²) in [7, 11) is 0. The van der Waals surface area contributed by atoms with E-state index in [1.807, 2.05) is 30.3 Å². The highest BCUT2D eigenvalue weighted by molar-refractivity contribution is 5.91. The van der Waals surface area contributed by atoms with Gasteiger partial charge < -0.3 is 4.74 Å². The molecule has 0 fully saturated rings. The van der Waals surface area contributed by atoms with E-state index >= 15 is 0 Å². The van der Waals surface area contributed by atoms with Gasteiger partial charge in [-0.2, -0.15) is 0 Å². The fourth-order valence-corrected chi connectivity index (χ4v) is 0.991. The number of nitrogens with one attached hydrogen (secondary N) is 1. The Morgan fingerprint density at radius 2 is 2.00 bits per heavy atom. The van der Waals surface area contributed by atoms with Crippen LogP contribution in [-0.4, -0.2) is 12.5 Å². The number of ether oxygens (including phenoxy) is 1. The van der Waals surface area contributed by atoms with Gasteiger partial charge in [-0.1, -0.05) is 31.5 Å². The van der Waals surface area contributed by atoms with Crippen LogP contribution in [0.4, 0.5) is 0 Å². The van der Waals surface area contributed by atoms with E-state index in [1.54, 1.807) is 0 Å². The van der Waals surface area contributed by atoms with Crippen molar-refractivity contribution in [2.75, 3.05) is 6.61 Å². The van der Waals surface area contributed by atoms with Gasteiger partial charge in [0.1, 0.15) is 0 Å². The van der Waals surface area contributed by atoms with Crippen molar-refractivity contribution in [2.45, 2.75) is 19.8 Å². The summed E-state index contributed by atoms with van der Waals surface area (Å²) in [4.78, 5) is 0. The lowest BCUT2D eigenvalue weighted by Gasteiger charge is -2.05. The van der Waals surface area contributed by atoms with Crippen LogP contribution in [0.5, 0.6) is 0 Å². The third-order valence-corrected chi connectivity index (χ3v) is 1.78. The molecule has 0 spiro atoms. The largest absolute Gasteiger partial charge is 0.478 e. The molecule has 2 nitrogen and oxygen atoms in total. The molecule has 0 aliphatic rings. The first kappa shape index (κ1) is 9.78. The summed E-state index contributed by atoms with van der Waals surface area (Å²) in [5, 5.41) is 7.59. The topological polar surface area (TPSA) is 33.1 Å². The number of hydrogen-bond acceptors (Lipinski definition) is 2. The van der Waals surface area contributed by atoms with Crippen molar-refractivity contribution < 1.29 is 4.74 Å². The number of benzene rings is 1. The van der Waals surface area contributed by atoms with Gasteiger partial charge in [-0.3, -0.25) is 5.41 Å². The van der Waals surface area contributed by atoms with Gasteiger partial charge in [0, 0.05) is 5.56 Å². The monoisotopic (exact) mass is 177 g/mol. The van der Waals surface area contributed by atoms with E-state index in [0.29, 0.717) is 6.61 Å². The van der Waals surface area contributed by atoms with Crippen molar-refractivity contribution in [1.29, 1.82) is 5.41 Å². The lowest BCUT2D eigenvalue weighted by molar-refractivity contribution is 0.295. The van der Waals surface area contributed by atoms with Crippen LogP contribution in [-0.2, 0) is 4.74 Å². The number of rotatable bonds is 4. The summed E-state index contributed by atoms with van der Waals surface area (Å²) in [6, 6.07) is 9.52. The van der Waals surface area contributed by atoms with Gasteiger partial charge >= 0.3 is 0 Å². The van der Waals surface area contributed by atoms with Crippen molar-refractivity contribution in [1.82, 2.24) is 0 Å². The van der Waals surface area contributed by atoms with Crippen LogP contribution < -0.4 is 0 Å². The Balaban J connectivity index is 2.40. The van der Waals surface area contributed by atoms with E-state index in [4.69, 9.17) is 10.1 Å². The van der Waals surface area contributed by atoms with Gasteiger partial charge in [0.15, 0.2) is 0 Å². The maximum Gasteiger partial charge on any atom is 0.213 e. The molecule has 1 N–H and O–H groups in total. The van der Waals surface area contributed by atoms with Crippen molar-refractivity contribution in [3.8, 4) is 0 Å². The SMILES string of the molecule is CCCCOC(=N)c1ccccc1. The molecule has 13 heavy (non-hydrogen) atoms. The van der Waals surface area contributed by atoms with Crippen LogP contribution in [0, 0.1) is 5.41 Å². The Hall–Kier alpha value is -1.31. The van der Waals surface area contributed by atoms with Crippen molar-refractivity contribution in [3.05, 3.63) is 35.9 Å². The van der Waals surface area contributed by atoms with E-state index < -0.39 is 0 Å². The highest BCUT2D eigenvalue weighted by Gasteiger charge is 1.99. The Kier molecular flexibility index (Phi) is 4.03. The predicted molar refractivity (Wildman–Crippen MR) is 54.1 cm³/mol. The maximum absolute atomic E-state index is 7.59.